The van der Waals surface area contributed by atoms with Gasteiger partial charge in [-0.25, -0.2) is 0 Å². The fourth-order valence-corrected chi connectivity index (χ4v) is 4.54. The maximum Gasteiger partial charge on any atom is 0.315 e. The molecule has 0 saturated heterocycles. The van der Waals surface area contributed by atoms with Crippen molar-refractivity contribution in [3.8, 4) is 0 Å². The number of rotatable bonds is 5. The van der Waals surface area contributed by atoms with Gasteiger partial charge in [0.05, 0.1) is 6.61 Å². The smallest absolute Gasteiger partial charge is 0.315 e. The maximum absolute atomic E-state index is 13.4. The summed E-state index contributed by atoms with van der Waals surface area (Å²) in [4.78, 5) is 35.4. The molecule has 3 atom stereocenters. The van der Waals surface area contributed by atoms with Crippen LogP contribution in [0.2, 0.25) is 0 Å². The van der Waals surface area contributed by atoms with Gasteiger partial charge in [0.25, 0.3) is 0 Å². The lowest BCUT2D eigenvalue weighted by Crippen LogP contribution is -2.38. The predicted octanol–water partition coefficient (Wildman–Crippen LogP) is 4.61. The highest BCUT2D eigenvalue weighted by Crippen LogP contribution is 2.46. The van der Waals surface area contributed by atoms with Gasteiger partial charge in [-0.1, -0.05) is 43.3 Å². The number of ether oxygens (including phenoxy) is 1. The summed E-state index contributed by atoms with van der Waals surface area (Å²) in [5.74, 6) is -1.16. The van der Waals surface area contributed by atoms with Gasteiger partial charge in [0.15, 0.2) is 5.78 Å². The van der Waals surface area contributed by atoms with Crippen molar-refractivity contribution in [1.29, 1.82) is 0 Å². The van der Waals surface area contributed by atoms with E-state index in [4.69, 9.17) is 9.73 Å². The van der Waals surface area contributed by atoms with E-state index in [2.05, 4.69) is 17.1 Å². The second-order valence-electron chi connectivity index (χ2n) is 7.96. The Labute approximate surface area is 176 Å². The number of carbonyl (C=O) groups excluding carboxylic acids is 2. The number of hydrogen-bond donors (Lipinski definition) is 0. The van der Waals surface area contributed by atoms with Crippen LogP contribution >= 0.6 is 0 Å². The molecule has 0 fully saturated rings. The minimum absolute atomic E-state index is 0.0588. The van der Waals surface area contributed by atoms with Gasteiger partial charge in [0.1, 0.15) is 5.92 Å². The standard InChI is InChI=1S/C25H26N2O3/c1-3-12-30-25(29)22-16(2)27-20-13-19(17-8-5-4-6-9-17)14-21(28)24(20)23(22)18-10-7-11-26-15-18/h4-11,15,19,22-23H,3,12-14H2,1-2H3/t19-,22?,23-/m0/s1. The summed E-state index contributed by atoms with van der Waals surface area (Å²) in [6.07, 6.45) is 5.30. The summed E-state index contributed by atoms with van der Waals surface area (Å²) >= 11 is 0. The van der Waals surface area contributed by atoms with Gasteiger partial charge >= 0.3 is 5.97 Å². The first kappa shape index (κ1) is 20.2. The molecule has 1 aromatic carbocycles. The van der Waals surface area contributed by atoms with E-state index in [0.717, 1.165) is 23.2 Å². The van der Waals surface area contributed by atoms with Crippen molar-refractivity contribution >= 4 is 17.5 Å². The van der Waals surface area contributed by atoms with Gasteiger partial charge in [-0.05, 0) is 42.9 Å². The number of aliphatic imine (C=N–C) groups is 1. The number of aromatic nitrogens is 1. The van der Waals surface area contributed by atoms with E-state index in [1.54, 1.807) is 12.4 Å². The van der Waals surface area contributed by atoms with Crippen LogP contribution < -0.4 is 0 Å². The Morgan fingerprint density at radius 3 is 2.57 bits per heavy atom. The molecule has 2 aliphatic rings. The Bertz CT molecular complexity index is 996. The summed E-state index contributed by atoms with van der Waals surface area (Å²) in [7, 11) is 0. The molecule has 0 spiro atoms. The average molecular weight is 402 g/mol. The zero-order valence-corrected chi connectivity index (χ0v) is 17.4. The molecule has 0 N–H and O–H groups in total. The molecule has 1 aromatic heterocycles. The molecule has 0 amide bonds. The Morgan fingerprint density at radius 1 is 1.10 bits per heavy atom. The molecule has 5 heteroatoms. The van der Waals surface area contributed by atoms with Crippen LogP contribution in [0.4, 0.5) is 0 Å². The van der Waals surface area contributed by atoms with Crippen LogP contribution in [-0.2, 0) is 14.3 Å². The maximum atomic E-state index is 13.4. The first-order chi connectivity index (χ1) is 14.6. The number of allylic oxidation sites excluding steroid dienone is 2. The molecule has 2 aromatic rings. The van der Waals surface area contributed by atoms with E-state index >= 15 is 0 Å². The SMILES string of the molecule is CCCOC(=O)C1C(C)=NC2=C(C(=O)C[C@@H](c3ccccc3)C2)[C@H]1c1cccnc1. The van der Waals surface area contributed by atoms with Crippen molar-refractivity contribution < 1.29 is 14.3 Å². The minimum Gasteiger partial charge on any atom is -0.465 e. The number of Topliss-reactive ketones (excluding diaryl/α,β-unsaturated/α-hetero) is 1. The molecule has 5 nitrogen and oxygen atoms in total. The number of benzene rings is 1. The number of carbonyl (C=O) groups is 2. The van der Waals surface area contributed by atoms with Gasteiger partial charge in [-0.3, -0.25) is 19.6 Å². The van der Waals surface area contributed by atoms with Crippen molar-refractivity contribution in [3.63, 3.8) is 0 Å². The molecule has 154 valence electrons. The van der Waals surface area contributed by atoms with E-state index in [9.17, 15) is 9.59 Å². The highest BCUT2D eigenvalue weighted by Gasteiger charge is 2.44. The van der Waals surface area contributed by atoms with E-state index in [-0.39, 0.29) is 17.7 Å². The summed E-state index contributed by atoms with van der Waals surface area (Å²) < 4.78 is 5.48. The molecular formula is C25H26N2O3. The normalized spacial score (nSPS) is 23.6. The molecule has 4 rings (SSSR count). The molecule has 0 saturated carbocycles. The van der Waals surface area contributed by atoms with Crippen LogP contribution in [0.5, 0.6) is 0 Å². The average Bonchev–Trinajstić information content (AvgIpc) is 2.77. The van der Waals surface area contributed by atoms with E-state index in [1.165, 1.54) is 0 Å². The van der Waals surface area contributed by atoms with Gasteiger partial charge in [-0.2, -0.15) is 0 Å². The van der Waals surface area contributed by atoms with Crippen molar-refractivity contribution in [3.05, 3.63) is 77.3 Å². The lowest BCUT2D eigenvalue weighted by Gasteiger charge is -2.36. The van der Waals surface area contributed by atoms with Gasteiger partial charge in [0.2, 0.25) is 0 Å². The molecule has 1 unspecified atom stereocenters. The number of hydrogen-bond acceptors (Lipinski definition) is 5. The third kappa shape index (κ3) is 3.84. The van der Waals surface area contributed by atoms with Crippen molar-refractivity contribution in [2.24, 2.45) is 10.9 Å². The van der Waals surface area contributed by atoms with Crippen molar-refractivity contribution in [1.82, 2.24) is 4.98 Å². The lowest BCUT2D eigenvalue weighted by atomic mass is 9.69. The van der Waals surface area contributed by atoms with Crippen molar-refractivity contribution in [2.45, 2.75) is 44.9 Å². The monoisotopic (exact) mass is 402 g/mol. The van der Waals surface area contributed by atoms with Crippen LogP contribution in [0.25, 0.3) is 0 Å². The molecular weight excluding hydrogens is 376 g/mol. The third-order valence-electron chi connectivity index (χ3n) is 5.91. The predicted molar refractivity (Wildman–Crippen MR) is 115 cm³/mol. The largest absolute Gasteiger partial charge is 0.465 e. The zero-order valence-electron chi connectivity index (χ0n) is 17.4. The Kier molecular flexibility index (Phi) is 5.88. The number of pyridine rings is 1. The minimum atomic E-state index is -0.600. The van der Waals surface area contributed by atoms with E-state index in [0.29, 0.717) is 30.7 Å². The quantitative estimate of drug-likeness (QED) is 0.685. The zero-order chi connectivity index (χ0) is 21.1. The third-order valence-corrected chi connectivity index (χ3v) is 5.91. The molecule has 0 bridgehead atoms. The number of nitrogens with zero attached hydrogens (tertiary/aromatic N) is 2. The van der Waals surface area contributed by atoms with Crippen molar-refractivity contribution in [2.75, 3.05) is 6.61 Å². The number of ketones is 1. The second kappa shape index (κ2) is 8.74. The summed E-state index contributed by atoms with van der Waals surface area (Å²) in [5.41, 5.74) is 4.15. The molecule has 1 aliphatic heterocycles. The van der Waals surface area contributed by atoms with Gasteiger partial charge < -0.3 is 4.74 Å². The van der Waals surface area contributed by atoms with Crippen LogP contribution in [0.3, 0.4) is 0 Å². The Morgan fingerprint density at radius 2 is 1.87 bits per heavy atom. The highest BCUT2D eigenvalue weighted by atomic mass is 16.5. The molecule has 2 heterocycles. The highest BCUT2D eigenvalue weighted by molar-refractivity contribution is 6.09. The van der Waals surface area contributed by atoms with E-state index < -0.39 is 11.8 Å². The van der Waals surface area contributed by atoms with E-state index in [1.807, 2.05) is 44.2 Å². The first-order valence-corrected chi connectivity index (χ1v) is 10.5. The lowest BCUT2D eigenvalue weighted by molar-refractivity contribution is -0.146. The van der Waals surface area contributed by atoms with Crippen LogP contribution in [0, 0.1) is 5.92 Å². The summed E-state index contributed by atoms with van der Waals surface area (Å²) in [5, 5.41) is 0. The van der Waals surface area contributed by atoms with Crippen LogP contribution in [0.15, 0.2) is 71.1 Å². The molecule has 30 heavy (non-hydrogen) atoms. The summed E-state index contributed by atoms with van der Waals surface area (Å²) in [6.45, 7) is 4.18. The second-order valence-corrected chi connectivity index (χ2v) is 7.96. The number of esters is 1. The summed E-state index contributed by atoms with van der Waals surface area (Å²) in [6, 6.07) is 13.9. The molecule has 1 aliphatic carbocycles. The fraction of sp³-hybridized carbons (Fsp3) is 0.360. The van der Waals surface area contributed by atoms with Crippen LogP contribution in [0.1, 0.15) is 56.1 Å². The van der Waals surface area contributed by atoms with Crippen LogP contribution in [-0.4, -0.2) is 29.1 Å². The topological polar surface area (TPSA) is 68.6 Å². The first-order valence-electron chi connectivity index (χ1n) is 10.5. The Balaban J connectivity index is 1.76. The Hall–Kier alpha value is -3.08. The molecule has 0 radical (unpaired) electrons. The van der Waals surface area contributed by atoms with Gasteiger partial charge in [0, 0.05) is 41.7 Å². The fourth-order valence-electron chi connectivity index (χ4n) is 4.54. The van der Waals surface area contributed by atoms with Gasteiger partial charge in [-0.15, -0.1) is 0 Å².